The van der Waals surface area contributed by atoms with Crippen LogP contribution in [0.1, 0.15) is 22.7 Å². The van der Waals surface area contributed by atoms with Gasteiger partial charge in [-0.1, -0.05) is 28.1 Å². The van der Waals surface area contributed by atoms with Crippen LogP contribution in [0.15, 0.2) is 34.8 Å². The van der Waals surface area contributed by atoms with Gasteiger partial charge in [-0.3, -0.25) is 0 Å². The molecule has 100 valence electrons. The lowest BCUT2D eigenvalue weighted by molar-refractivity contribution is 0.514. The third kappa shape index (κ3) is 2.67. The summed E-state index contributed by atoms with van der Waals surface area (Å²) in [6, 6.07) is 5.50. The van der Waals surface area contributed by atoms with Crippen LogP contribution in [0.3, 0.4) is 0 Å². The van der Waals surface area contributed by atoms with E-state index in [-0.39, 0.29) is 5.56 Å². The average Bonchev–Trinajstić information content (AvgIpc) is 2.31. The van der Waals surface area contributed by atoms with Crippen LogP contribution in [0.4, 0.5) is 13.2 Å². The zero-order chi connectivity index (χ0) is 14.2. The van der Waals surface area contributed by atoms with Gasteiger partial charge in [0.15, 0.2) is 0 Å². The van der Waals surface area contributed by atoms with E-state index in [9.17, 15) is 13.2 Å². The molecule has 0 bridgehead atoms. The average molecular weight is 330 g/mol. The molecule has 0 saturated carbocycles. The molecule has 1 unspecified atom stereocenters. The van der Waals surface area contributed by atoms with Crippen LogP contribution >= 0.6 is 15.9 Å². The molecule has 19 heavy (non-hydrogen) atoms. The fourth-order valence-corrected chi connectivity index (χ4v) is 2.35. The Bertz CT molecular complexity index is 605. The minimum atomic E-state index is -0.988. The van der Waals surface area contributed by atoms with Gasteiger partial charge < -0.3 is 5.73 Å². The van der Waals surface area contributed by atoms with Gasteiger partial charge in [-0.15, -0.1) is 0 Å². The van der Waals surface area contributed by atoms with Crippen LogP contribution in [0.5, 0.6) is 0 Å². The standard InChI is InChI=1S/C14H11BrF3N/c1-7-9(3-2-4-10(7)15)14(19)13-11(17)5-8(16)6-12(13)18/h2-6,14H,19H2,1H3. The van der Waals surface area contributed by atoms with Crippen LogP contribution in [0.25, 0.3) is 0 Å². The normalized spacial score (nSPS) is 12.5. The first-order valence-corrected chi connectivity index (χ1v) is 6.36. The highest BCUT2D eigenvalue weighted by atomic mass is 79.9. The van der Waals surface area contributed by atoms with Crippen molar-refractivity contribution in [2.75, 3.05) is 0 Å². The Hall–Kier alpha value is -1.33. The second kappa shape index (κ2) is 5.35. The largest absolute Gasteiger partial charge is 0.320 e. The van der Waals surface area contributed by atoms with E-state index in [1.807, 2.05) is 6.07 Å². The van der Waals surface area contributed by atoms with Crippen molar-refractivity contribution in [2.45, 2.75) is 13.0 Å². The zero-order valence-electron chi connectivity index (χ0n) is 10.1. The summed E-state index contributed by atoms with van der Waals surface area (Å²) in [6.45, 7) is 1.79. The van der Waals surface area contributed by atoms with Crippen molar-refractivity contribution in [3.63, 3.8) is 0 Å². The van der Waals surface area contributed by atoms with Gasteiger partial charge in [-0.25, -0.2) is 13.2 Å². The molecular weight excluding hydrogens is 319 g/mol. The maximum atomic E-state index is 13.7. The topological polar surface area (TPSA) is 26.0 Å². The summed E-state index contributed by atoms with van der Waals surface area (Å²) in [5.41, 5.74) is 6.96. The van der Waals surface area contributed by atoms with Crippen LogP contribution in [-0.4, -0.2) is 0 Å². The van der Waals surface area contributed by atoms with Crippen molar-refractivity contribution in [2.24, 2.45) is 5.73 Å². The summed E-state index contributed by atoms with van der Waals surface area (Å²) >= 11 is 3.33. The SMILES string of the molecule is Cc1c(Br)cccc1C(N)c1c(F)cc(F)cc1F. The van der Waals surface area contributed by atoms with Crippen LogP contribution in [0.2, 0.25) is 0 Å². The molecule has 0 aliphatic rings. The van der Waals surface area contributed by atoms with Crippen LogP contribution in [0, 0.1) is 24.4 Å². The molecule has 2 N–H and O–H groups in total. The third-order valence-electron chi connectivity index (χ3n) is 3.00. The minimum absolute atomic E-state index is 0.331. The molecule has 0 aromatic heterocycles. The molecule has 0 radical (unpaired) electrons. The summed E-state index contributed by atoms with van der Waals surface area (Å²) < 4.78 is 41.1. The molecule has 5 heteroatoms. The Kier molecular flexibility index (Phi) is 3.96. The first-order valence-electron chi connectivity index (χ1n) is 5.57. The van der Waals surface area contributed by atoms with Gasteiger partial charge in [0.1, 0.15) is 17.5 Å². The maximum absolute atomic E-state index is 13.7. The van der Waals surface area contributed by atoms with Crippen molar-refractivity contribution in [1.82, 2.24) is 0 Å². The number of halogens is 4. The van der Waals surface area contributed by atoms with Gasteiger partial charge in [0.05, 0.1) is 6.04 Å². The Morgan fingerprint density at radius 3 is 2.26 bits per heavy atom. The van der Waals surface area contributed by atoms with Gasteiger partial charge in [-0.05, 0) is 24.1 Å². The summed E-state index contributed by atoms with van der Waals surface area (Å²) in [5, 5.41) is 0. The predicted octanol–water partition coefficient (Wildman–Crippen LogP) is 4.22. The molecule has 1 nitrogen and oxygen atoms in total. The van der Waals surface area contributed by atoms with Crippen molar-refractivity contribution in [3.8, 4) is 0 Å². The predicted molar refractivity (Wildman–Crippen MR) is 71.2 cm³/mol. The van der Waals surface area contributed by atoms with E-state index in [4.69, 9.17) is 5.73 Å². The molecule has 0 saturated heterocycles. The Morgan fingerprint density at radius 1 is 1.11 bits per heavy atom. The lowest BCUT2D eigenvalue weighted by Crippen LogP contribution is -2.17. The highest BCUT2D eigenvalue weighted by Gasteiger charge is 2.21. The van der Waals surface area contributed by atoms with Crippen LogP contribution in [-0.2, 0) is 0 Å². The summed E-state index contributed by atoms with van der Waals surface area (Å²) in [5.74, 6) is -2.93. The summed E-state index contributed by atoms with van der Waals surface area (Å²) in [4.78, 5) is 0. The smallest absolute Gasteiger partial charge is 0.134 e. The van der Waals surface area contributed by atoms with Crippen molar-refractivity contribution in [1.29, 1.82) is 0 Å². The second-order valence-electron chi connectivity index (χ2n) is 4.21. The van der Waals surface area contributed by atoms with Crippen molar-refractivity contribution in [3.05, 3.63) is 68.9 Å². The van der Waals surface area contributed by atoms with Gasteiger partial charge in [-0.2, -0.15) is 0 Å². The molecule has 0 fully saturated rings. The number of nitrogens with two attached hydrogens (primary N) is 1. The monoisotopic (exact) mass is 329 g/mol. The van der Waals surface area contributed by atoms with Gasteiger partial charge >= 0.3 is 0 Å². The van der Waals surface area contributed by atoms with Crippen molar-refractivity contribution < 1.29 is 13.2 Å². The molecule has 0 heterocycles. The number of rotatable bonds is 2. The summed E-state index contributed by atoms with van der Waals surface area (Å²) in [6.07, 6.45) is 0. The van der Waals surface area contributed by atoms with E-state index in [0.717, 1.165) is 10.0 Å². The second-order valence-corrected chi connectivity index (χ2v) is 5.07. The fourth-order valence-electron chi connectivity index (χ4n) is 1.97. The van der Waals surface area contributed by atoms with E-state index in [2.05, 4.69) is 15.9 Å². The Labute approximate surface area is 117 Å². The molecule has 0 amide bonds. The number of benzene rings is 2. The minimum Gasteiger partial charge on any atom is -0.320 e. The maximum Gasteiger partial charge on any atom is 0.134 e. The Morgan fingerprint density at radius 2 is 1.68 bits per heavy atom. The Balaban J connectivity index is 2.56. The molecule has 0 spiro atoms. The quantitative estimate of drug-likeness (QED) is 0.876. The number of hydrogen-bond donors (Lipinski definition) is 1. The summed E-state index contributed by atoms with van der Waals surface area (Å²) in [7, 11) is 0. The van der Waals surface area contributed by atoms with Gasteiger partial charge in [0.25, 0.3) is 0 Å². The van der Waals surface area contributed by atoms with Gasteiger partial charge in [0.2, 0.25) is 0 Å². The number of hydrogen-bond acceptors (Lipinski definition) is 1. The first kappa shape index (κ1) is 14.1. The molecule has 2 rings (SSSR count). The lowest BCUT2D eigenvalue weighted by atomic mass is 9.95. The van der Waals surface area contributed by atoms with Crippen molar-refractivity contribution >= 4 is 15.9 Å². The third-order valence-corrected chi connectivity index (χ3v) is 3.86. The van der Waals surface area contributed by atoms with E-state index in [1.54, 1.807) is 19.1 Å². The van der Waals surface area contributed by atoms with Crippen LogP contribution < -0.4 is 5.73 Å². The molecular formula is C14H11BrF3N. The molecule has 0 aliphatic carbocycles. The van der Waals surface area contributed by atoms with Gasteiger partial charge in [0, 0.05) is 22.2 Å². The molecule has 2 aromatic carbocycles. The molecule has 0 aliphatic heterocycles. The van der Waals surface area contributed by atoms with E-state index >= 15 is 0 Å². The van der Waals surface area contributed by atoms with E-state index in [1.165, 1.54) is 0 Å². The molecule has 2 aromatic rings. The first-order chi connectivity index (χ1) is 8.91. The highest BCUT2D eigenvalue weighted by Crippen LogP contribution is 2.30. The zero-order valence-corrected chi connectivity index (χ0v) is 11.6. The van der Waals surface area contributed by atoms with E-state index in [0.29, 0.717) is 17.7 Å². The van der Waals surface area contributed by atoms with E-state index < -0.39 is 23.5 Å². The lowest BCUT2D eigenvalue weighted by Gasteiger charge is -2.17. The highest BCUT2D eigenvalue weighted by molar-refractivity contribution is 9.10. The fraction of sp³-hybridized carbons (Fsp3) is 0.143. The molecule has 1 atom stereocenters.